The molecule has 36 heavy (non-hydrogen) atoms. The van der Waals surface area contributed by atoms with Crippen LogP contribution in [0.5, 0.6) is 5.75 Å². The van der Waals surface area contributed by atoms with Crippen LogP contribution in [0.1, 0.15) is 16.7 Å². The topological polar surface area (TPSA) is 68.1 Å². The van der Waals surface area contributed by atoms with E-state index in [4.69, 9.17) is 9.73 Å². The highest BCUT2D eigenvalue weighted by Gasteiger charge is 2.55. The summed E-state index contributed by atoms with van der Waals surface area (Å²) in [5, 5.41) is 1.22. The van der Waals surface area contributed by atoms with Gasteiger partial charge in [-0.2, -0.15) is 12.8 Å². The van der Waals surface area contributed by atoms with Crippen molar-refractivity contribution in [1.82, 2.24) is 0 Å². The SMILES string of the molecule is COc1ccc(N=C2S/C(=N\S(=O)(=O)c3ccc(C)cc3)C2(c2ccccc2)c2ccccc2)cc1. The van der Waals surface area contributed by atoms with Gasteiger partial charge in [-0.25, -0.2) is 4.99 Å². The summed E-state index contributed by atoms with van der Waals surface area (Å²) in [5.74, 6) is 0.740. The standard InChI is InChI=1S/C29H24N2O3S2/c1-21-13-19-26(20-14-21)36(32,33)31-28-29(22-9-5-3-6-10-22,23-11-7-4-8-12-23)27(35-28)30-24-15-17-25(34-2)18-16-24/h3-20H,1-2H3/b30-27?,31-28-. The normalized spacial score (nSPS) is 17.1. The Morgan fingerprint density at radius 1 is 0.722 bits per heavy atom. The fourth-order valence-electron chi connectivity index (χ4n) is 4.17. The van der Waals surface area contributed by atoms with Crippen molar-refractivity contribution in [3.8, 4) is 5.75 Å². The average Bonchev–Trinajstić information content (AvgIpc) is 2.90. The van der Waals surface area contributed by atoms with Gasteiger partial charge in [0.1, 0.15) is 21.3 Å². The first kappa shape index (κ1) is 24.0. The molecular formula is C29H24N2O3S2. The van der Waals surface area contributed by atoms with E-state index in [1.165, 1.54) is 11.8 Å². The van der Waals surface area contributed by atoms with Gasteiger partial charge in [0.2, 0.25) is 0 Å². The van der Waals surface area contributed by atoms with Gasteiger partial charge in [0.05, 0.1) is 17.7 Å². The number of aliphatic imine (C=N–C) groups is 1. The number of aryl methyl sites for hydroxylation is 1. The maximum atomic E-state index is 13.4. The first-order valence-corrected chi connectivity index (χ1v) is 13.6. The zero-order chi connectivity index (χ0) is 25.2. The molecule has 0 spiro atoms. The fourth-order valence-corrected chi connectivity index (χ4v) is 6.70. The van der Waals surface area contributed by atoms with Crippen molar-refractivity contribution >= 4 is 37.6 Å². The van der Waals surface area contributed by atoms with Crippen LogP contribution in [-0.2, 0) is 15.4 Å². The van der Waals surface area contributed by atoms with E-state index in [-0.39, 0.29) is 4.90 Å². The van der Waals surface area contributed by atoms with Crippen molar-refractivity contribution in [3.05, 3.63) is 126 Å². The third kappa shape index (κ3) is 4.36. The van der Waals surface area contributed by atoms with Gasteiger partial charge in [-0.05, 0) is 54.4 Å². The molecule has 0 unspecified atom stereocenters. The summed E-state index contributed by atoms with van der Waals surface area (Å²) in [6.45, 7) is 1.92. The molecule has 7 heteroatoms. The first-order valence-electron chi connectivity index (χ1n) is 11.4. The van der Waals surface area contributed by atoms with Gasteiger partial charge in [0, 0.05) is 0 Å². The molecule has 1 aliphatic rings. The molecule has 180 valence electrons. The van der Waals surface area contributed by atoms with E-state index in [9.17, 15) is 8.42 Å². The predicted octanol–water partition coefficient (Wildman–Crippen LogP) is 6.55. The van der Waals surface area contributed by atoms with Crippen LogP contribution in [0.25, 0.3) is 0 Å². The molecule has 4 aromatic carbocycles. The molecule has 5 rings (SSSR count). The van der Waals surface area contributed by atoms with E-state index in [0.29, 0.717) is 5.04 Å². The molecule has 4 aromatic rings. The smallest absolute Gasteiger partial charge is 0.283 e. The number of hydrogen-bond donors (Lipinski definition) is 0. The fraction of sp³-hybridized carbons (Fsp3) is 0.103. The highest BCUT2D eigenvalue weighted by atomic mass is 32.2. The molecule has 1 aliphatic heterocycles. The Kier molecular flexibility index (Phi) is 6.51. The zero-order valence-corrected chi connectivity index (χ0v) is 21.5. The lowest BCUT2D eigenvalue weighted by Gasteiger charge is -2.44. The maximum Gasteiger partial charge on any atom is 0.283 e. The lowest BCUT2D eigenvalue weighted by atomic mass is 9.75. The summed E-state index contributed by atoms with van der Waals surface area (Å²) in [7, 11) is -2.31. The molecule has 5 nitrogen and oxygen atoms in total. The van der Waals surface area contributed by atoms with Gasteiger partial charge in [0.25, 0.3) is 10.0 Å². The first-order chi connectivity index (χ1) is 17.4. The van der Waals surface area contributed by atoms with Crippen molar-refractivity contribution in [2.75, 3.05) is 7.11 Å². The lowest BCUT2D eigenvalue weighted by Crippen LogP contribution is -2.51. The van der Waals surface area contributed by atoms with E-state index >= 15 is 0 Å². The van der Waals surface area contributed by atoms with Crippen molar-refractivity contribution in [1.29, 1.82) is 0 Å². The van der Waals surface area contributed by atoms with Crippen LogP contribution in [0.15, 0.2) is 123 Å². The Morgan fingerprint density at radius 3 is 1.81 bits per heavy atom. The minimum atomic E-state index is -3.93. The van der Waals surface area contributed by atoms with E-state index in [1.54, 1.807) is 31.4 Å². The minimum absolute atomic E-state index is 0.164. The van der Waals surface area contributed by atoms with Crippen LogP contribution in [0.3, 0.4) is 0 Å². The van der Waals surface area contributed by atoms with Gasteiger partial charge in [-0.3, -0.25) is 0 Å². The van der Waals surface area contributed by atoms with Gasteiger partial charge in [-0.1, -0.05) is 90.1 Å². The van der Waals surface area contributed by atoms with Gasteiger partial charge < -0.3 is 4.74 Å². The summed E-state index contributed by atoms with van der Waals surface area (Å²) >= 11 is 1.29. The van der Waals surface area contributed by atoms with Crippen LogP contribution < -0.4 is 4.74 Å². The van der Waals surface area contributed by atoms with Crippen LogP contribution in [0, 0.1) is 6.92 Å². The Bertz CT molecular complexity index is 1490. The number of hydrogen-bond acceptors (Lipinski definition) is 5. The van der Waals surface area contributed by atoms with Gasteiger partial charge in [0.15, 0.2) is 0 Å². The van der Waals surface area contributed by atoms with Crippen molar-refractivity contribution in [2.24, 2.45) is 9.39 Å². The monoisotopic (exact) mass is 512 g/mol. The van der Waals surface area contributed by atoms with Gasteiger partial charge >= 0.3 is 0 Å². The number of methoxy groups -OCH3 is 1. The number of nitrogens with zero attached hydrogens (tertiary/aromatic N) is 2. The quantitative estimate of drug-likeness (QED) is 0.294. The number of benzene rings is 4. The van der Waals surface area contributed by atoms with Gasteiger partial charge in [-0.15, -0.1) is 0 Å². The Labute approximate surface area is 215 Å². The molecule has 0 saturated carbocycles. The maximum absolute atomic E-state index is 13.4. The predicted molar refractivity (Wildman–Crippen MR) is 147 cm³/mol. The Morgan fingerprint density at radius 2 is 1.28 bits per heavy atom. The van der Waals surface area contributed by atoms with Crippen molar-refractivity contribution < 1.29 is 13.2 Å². The molecule has 1 saturated heterocycles. The van der Waals surface area contributed by atoms with Crippen molar-refractivity contribution in [2.45, 2.75) is 17.2 Å². The number of ether oxygens (including phenoxy) is 1. The van der Waals surface area contributed by atoms with E-state index in [1.807, 2.05) is 91.9 Å². The van der Waals surface area contributed by atoms with Crippen molar-refractivity contribution in [3.63, 3.8) is 0 Å². The molecule has 0 atom stereocenters. The van der Waals surface area contributed by atoms with E-state index in [0.717, 1.165) is 33.2 Å². The summed E-state index contributed by atoms with van der Waals surface area (Å²) in [6, 6.07) is 33.8. The van der Waals surface area contributed by atoms with Crippen LogP contribution >= 0.6 is 11.8 Å². The van der Waals surface area contributed by atoms with Crippen LogP contribution in [-0.4, -0.2) is 25.6 Å². The Balaban J connectivity index is 1.72. The second kappa shape index (κ2) is 9.76. The summed E-state index contributed by atoms with van der Waals surface area (Å²) in [5.41, 5.74) is 2.61. The molecule has 0 radical (unpaired) electrons. The molecule has 0 aliphatic carbocycles. The molecular weight excluding hydrogens is 488 g/mol. The average molecular weight is 513 g/mol. The number of rotatable bonds is 6. The second-order valence-corrected chi connectivity index (χ2v) is 11.0. The zero-order valence-electron chi connectivity index (χ0n) is 19.8. The second-order valence-electron chi connectivity index (χ2n) is 8.38. The van der Waals surface area contributed by atoms with Crippen LogP contribution in [0.2, 0.25) is 0 Å². The molecule has 0 amide bonds. The minimum Gasteiger partial charge on any atom is -0.497 e. The highest BCUT2D eigenvalue weighted by Crippen LogP contribution is 2.52. The summed E-state index contributed by atoms with van der Waals surface area (Å²) in [4.78, 5) is 5.12. The van der Waals surface area contributed by atoms with E-state index in [2.05, 4.69) is 4.40 Å². The molecule has 0 bridgehead atoms. The number of thioether (sulfide) groups is 1. The molecule has 1 heterocycles. The highest BCUT2D eigenvalue weighted by molar-refractivity contribution is 8.30. The third-order valence-electron chi connectivity index (χ3n) is 6.07. The summed E-state index contributed by atoms with van der Waals surface area (Å²) in [6.07, 6.45) is 0. The molecule has 1 fully saturated rings. The van der Waals surface area contributed by atoms with E-state index < -0.39 is 15.4 Å². The van der Waals surface area contributed by atoms with Crippen LogP contribution in [0.4, 0.5) is 5.69 Å². The molecule has 0 aromatic heterocycles. The Hall–Kier alpha value is -3.68. The number of sulfonamides is 1. The largest absolute Gasteiger partial charge is 0.497 e. The summed E-state index contributed by atoms with van der Waals surface area (Å²) < 4.78 is 36.4. The third-order valence-corrected chi connectivity index (χ3v) is 8.66. The lowest BCUT2D eigenvalue weighted by molar-refractivity contribution is 0.415. The molecule has 0 N–H and O–H groups in total.